The summed E-state index contributed by atoms with van der Waals surface area (Å²) in [6, 6.07) is 7.38. The van der Waals surface area contributed by atoms with Gasteiger partial charge in [0.1, 0.15) is 0 Å². The topological polar surface area (TPSA) is 72.2 Å². The molecule has 0 heterocycles. The zero-order valence-corrected chi connectivity index (χ0v) is 10.9. The fourth-order valence-electron chi connectivity index (χ4n) is 1.52. The highest BCUT2D eigenvalue weighted by atomic mass is 35.5. The molecule has 18 heavy (non-hydrogen) atoms. The molecule has 3 N–H and O–H groups in total. The van der Waals surface area contributed by atoms with E-state index in [0.29, 0.717) is 24.4 Å². The maximum absolute atomic E-state index is 11.5. The molecule has 0 saturated heterocycles. The number of para-hydroxylation sites is 1. The molecule has 0 bridgehead atoms. The van der Waals surface area contributed by atoms with Crippen molar-refractivity contribution in [2.24, 2.45) is 0 Å². The Bertz CT molecular complexity index is 421. The summed E-state index contributed by atoms with van der Waals surface area (Å²) in [4.78, 5) is 22.8. The Morgan fingerprint density at radius 1 is 1.17 bits per heavy atom. The van der Waals surface area contributed by atoms with Crippen LogP contribution in [0.5, 0.6) is 0 Å². The number of hydrogen-bond acceptors (Lipinski definition) is 3. The minimum absolute atomic E-state index is 0.251. The molecular weight excluding hydrogens is 252 g/mol. The monoisotopic (exact) mass is 268 g/mol. The van der Waals surface area contributed by atoms with E-state index >= 15 is 0 Å². The van der Waals surface area contributed by atoms with Gasteiger partial charge in [0.2, 0.25) is 11.8 Å². The first-order valence-electron chi connectivity index (χ1n) is 5.85. The predicted octanol–water partition coefficient (Wildman–Crippen LogP) is 1.86. The lowest BCUT2D eigenvalue weighted by Gasteiger charge is -2.05. The molecule has 0 fully saturated rings. The Morgan fingerprint density at radius 3 is 2.50 bits per heavy atom. The highest BCUT2D eigenvalue weighted by Gasteiger charge is 2.08. The molecule has 0 spiro atoms. The van der Waals surface area contributed by atoms with Crippen molar-refractivity contribution >= 4 is 29.1 Å². The van der Waals surface area contributed by atoms with Gasteiger partial charge in [0, 0.05) is 24.4 Å². The average Bonchev–Trinajstić information content (AvgIpc) is 2.35. The van der Waals surface area contributed by atoms with E-state index in [1.807, 2.05) is 18.2 Å². The lowest BCUT2D eigenvalue weighted by Crippen LogP contribution is -2.30. The summed E-state index contributed by atoms with van der Waals surface area (Å²) in [6.07, 6.45) is 1.64. The lowest BCUT2D eigenvalue weighted by atomic mass is 10.1. The average molecular weight is 269 g/mol. The number of carbonyl (C=O) groups excluding carboxylic acids is 2. The number of carbonyl (C=O) groups is 2. The molecule has 0 aliphatic rings. The van der Waals surface area contributed by atoms with E-state index in [1.165, 1.54) is 0 Å². The standard InChI is InChI=1S/C13H17ClN2O2/c14-9-3-6-12(17)16-13(18)8-7-10-4-1-2-5-11(10)15/h1-2,4-5H,3,6-9,15H2,(H,16,17,18). The van der Waals surface area contributed by atoms with Crippen molar-refractivity contribution in [1.82, 2.24) is 5.32 Å². The van der Waals surface area contributed by atoms with Crippen molar-refractivity contribution < 1.29 is 9.59 Å². The molecule has 4 nitrogen and oxygen atoms in total. The molecular formula is C13H17ClN2O2. The first-order chi connectivity index (χ1) is 8.63. The van der Waals surface area contributed by atoms with Crippen LogP contribution in [0, 0.1) is 0 Å². The molecule has 1 aromatic carbocycles. The number of hydrogen-bond donors (Lipinski definition) is 2. The van der Waals surface area contributed by atoms with Crippen molar-refractivity contribution in [2.75, 3.05) is 11.6 Å². The van der Waals surface area contributed by atoms with Crippen molar-refractivity contribution in [3.8, 4) is 0 Å². The Labute approximate surface area is 112 Å². The van der Waals surface area contributed by atoms with Gasteiger partial charge in [-0.25, -0.2) is 0 Å². The van der Waals surface area contributed by atoms with Crippen molar-refractivity contribution in [3.05, 3.63) is 29.8 Å². The number of imide groups is 1. The number of rotatable bonds is 6. The smallest absolute Gasteiger partial charge is 0.226 e. The molecule has 0 atom stereocenters. The van der Waals surface area contributed by atoms with Crippen molar-refractivity contribution in [1.29, 1.82) is 0 Å². The van der Waals surface area contributed by atoms with Gasteiger partial charge in [-0.15, -0.1) is 11.6 Å². The summed E-state index contributed by atoms with van der Waals surface area (Å²) < 4.78 is 0. The van der Waals surface area contributed by atoms with E-state index in [1.54, 1.807) is 6.07 Å². The zero-order chi connectivity index (χ0) is 13.4. The van der Waals surface area contributed by atoms with Gasteiger partial charge in [-0.2, -0.15) is 0 Å². The van der Waals surface area contributed by atoms with Crippen molar-refractivity contribution in [2.45, 2.75) is 25.7 Å². The first-order valence-corrected chi connectivity index (χ1v) is 6.39. The second kappa shape index (κ2) is 7.71. The Morgan fingerprint density at radius 2 is 1.83 bits per heavy atom. The van der Waals surface area contributed by atoms with Crippen LogP contribution in [0.4, 0.5) is 5.69 Å². The summed E-state index contributed by atoms with van der Waals surface area (Å²) in [5.41, 5.74) is 7.34. The highest BCUT2D eigenvalue weighted by molar-refractivity contribution is 6.18. The van der Waals surface area contributed by atoms with Gasteiger partial charge in [0.15, 0.2) is 0 Å². The van der Waals surface area contributed by atoms with Crippen LogP contribution >= 0.6 is 11.6 Å². The molecule has 0 saturated carbocycles. The number of nitrogens with one attached hydrogen (secondary N) is 1. The Kier molecular flexibility index (Phi) is 6.22. The highest BCUT2D eigenvalue weighted by Crippen LogP contribution is 2.12. The largest absolute Gasteiger partial charge is 0.399 e. The fourth-order valence-corrected chi connectivity index (χ4v) is 1.65. The van der Waals surface area contributed by atoms with Gasteiger partial charge in [0.05, 0.1) is 0 Å². The van der Waals surface area contributed by atoms with E-state index in [9.17, 15) is 9.59 Å². The van der Waals surface area contributed by atoms with E-state index < -0.39 is 0 Å². The Hall–Kier alpha value is -1.55. The molecule has 1 rings (SSSR count). The van der Waals surface area contributed by atoms with Crippen LogP contribution in [0.1, 0.15) is 24.8 Å². The second-order valence-corrected chi connectivity index (χ2v) is 4.34. The third kappa shape index (κ3) is 5.19. The van der Waals surface area contributed by atoms with E-state index in [-0.39, 0.29) is 24.7 Å². The first kappa shape index (κ1) is 14.5. The summed E-state index contributed by atoms with van der Waals surface area (Å²) in [6.45, 7) is 0. The molecule has 0 aliphatic heterocycles. The summed E-state index contributed by atoms with van der Waals surface area (Å²) in [5, 5.41) is 2.33. The maximum atomic E-state index is 11.5. The molecule has 0 aliphatic carbocycles. The Balaban J connectivity index is 2.33. The van der Waals surface area contributed by atoms with Crippen LogP contribution in [-0.4, -0.2) is 17.7 Å². The summed E-state index contributed by atoms with van der Waals surface area (Å²) in [5.74, 6) is -0.137. The van der Waals surface area contributed by atoms with Gasteiger partial charge < -0.3 is 5.73 Å². The minimum Gasteiger partial charge on any atom is -0.399 e. The number of nitrogen functional groups attached to an aromatic ring is 1. The molecule has 0 unspecified atom stereocenters. The SMILES string of the molecule is Nc1ccccc1CCC(=O)NC(=O)CCCCl. The number of anilines is 1. The van der Waals surface area contributed by atoms with Gasteiger partial charge in [-0.05, 0) is 24.5 Å². The summed E-state index contributed by atoms with van der Waals surface area (Å²) >= 11 is 5.46. The van der Waals surface area contributed by atoms with Crippen LogP contribution < -0.4 is 11.1 Å². The van der Waals surface area contributed by atoms with Crippen LogP contribution in [0.3, 0.4) is 0 Å². The molecule has 2 amide bonds. The van der Waals surface area contributed by atoms with E-state index in [2.05, 4.69) is 5.32 Å². The summed E-state index contributed by atoms with van der Waals surface area (Å²) in [7, 11) is 0. The third-order valence-corrected chi connectivity index (χ3v) is 2.76. The van der Waals surface area contributed by atoms with Gasteiger partial charge in [-0.1, -0.05) is 18.2 Å². The fraction of sp³-hybridized carbons (Fsp3) is 0.385. The number of aryl methyl sites for hydroxylation is 1. The lowest BCUT2D eigenvalue weighted by molar-refractivity contribution is -0.130. The quantitative estimate of drug-likeness (QED) is 0.611. The van der Waals surface area contributed by atoms with Crippen LogP contribution in [0.25, 0.3) is 0 Å². The van der Waals surface area contributed by atoms with Gasteiger partial charge in [0.25, 0.3) is 0 Å². The molecule has 5 heteroatoms. The number of amides is 2. The molecule has 98 valence electrons. The number of alkyl halides is 1. The van der Waals surface area contributed by atoms with Crippen LogP contribution in [-0.2, 0) is 16.0 Å². The molecule has 1 aromatic rings. The third-order valence-electron chi connectivity index (χ3n) is 2.49. The number of halogens is 1. The van der Waals surface area contributed by atoms with E-state index in [0.717, 1.165) is 5.56 Å². The molecule has 0 radical (unpaired) electrons. The van der Waals surface area contributed by atoms with Crippen molar-refractivity contribution in [3.63, 3.8) is 0 Å². The maximum Gasteiger partial charge on any atom is 0.226 e. The van der Waals surface area contributed by atoms with Crippen LogP contribution in [0.15, 0.2) is 24.3 Å². The zero-order valence-electron chi connectivity index (χ0n) is 10.1. The molecule has 0 aromatic heterocycles. The predicted molar refractivity (Wildman–Crippen MR) is 72.3 cm³/mol. The van der Waals surface area contributed by atoms with Gasteiger partial charge in [-0.3, -0.25) is 14.9 Å². The number of nitrogens with two attached hydrogens (primary N) is 1. The van der Waals surface area contributed by atoms with Gasteiger partial charge >= 0.3 is 0 Å². The number of benzene rings is 1. The van der Waals surface area contributed by atoms with E-state index in [4.69, 9.17) is 17.3 Å². The minimum atomic E-state index is -0.280. The van der Waals surface area contributed by atoms with Crippen LogP contribution in [0.2, 0.25) is 0 Å². The second-order valence-electron chi connectivity index (χ2n) is 3.96. The normalized spacial score (nSPS) is 10.1.